The van der Waals surface area contributed by atoms with Crippen molar-refractivity contribution in [1.29, 1.82) is 0 Å². The summed E-state index contributed by atoms with van der Waals surface area (Å²) in [6.07, 6.45) is 9.58. The third-order valence-corrected chi connectivity index (χ3v) is 8.18. The van der Waals surface area contributed by atoms with E-state index in [1.807, 2.05) is 11.0 Å². The lowest BCUT2D eigenvalue weighted by atomic mass is 9.86. The van der Waals surface area contributed by atoms with Crippen LogP contribution in [0.2, 0.25) is 0 Å². The van der Waals surface area contributed by atoms with Gasteiger partial charge in [0.1, 0.15) is 5.82 Å². The first-order valence-electron chi connectivity index (χ1n) is 12.8. The number of nitrogens with zero attached hydrogens (tertiary/aromatic N) is 3. The van der Waals surface area contributed by atoms with E-state index in [2.05, 4.69) is 39.5 Å². The molecule has 2 atom stereocenters. The van der Waals surface area contributed by atoms with Crippen LogP contribution in [-0.4, -0.2) is 49.4 Å². The number of nitrogens with one attached hydrogen (secondary N) is 1. The molecule has 1 saturated heterocycles. The van der Waals surface area contributed by atoms with E-state index >= 15 is 0 Å². The van der Waals surface area contributed by atoms with E-state index < -0.39 is 0 Å². The molecule has 7 heteroatoms. The second-order valence-electron chi connectivity index (χ2n) is 10.1. The molecule has 2 aromatic rings. The lowest BCUT2D eigenvalue weighted by Gasteiger charge is -2.40. The van der Waals surface area contributed by atoms with Gasteiger partial charge < -0.3 is 24.6 Å². The minimum absolute atomic E-state index is 0.0312. The average Bonchev–Trinajstić information content (AvgIpc) is 3.31. The Labute approximate surface area is 201 Å². The summed E-state index contributed by atoms with van der Waals surface area (Å²) in [6, 6.07) is 11.0. The second-order valence-corrected chi connectivity index (χ2v) is 10.1. The van der Waals surface area contributed by atoms with E-state index in [4.69, 9.17) is 9.47 Å². The van der Waals surface area contributed by atoms with Crippen LogP contribution in [0.4, 0.5) is 22.9 Å². The van der Waals surface area contributed by atoms with Crippen LogP contribution in [-0.2, 0) is 20.8 Å². The molecule has 34 heavy (non-hydrogen) atoms. The summed E-state index contributed by atoms with van der Waals surface area (Å²) in [5.41, 5.74) is 4.12. The van der Waals surface area contributed by atoms with E-state index in [9.17, 15) is 4.79 Å². The van der Waals surface area contributed by atoms with Crippen molar-refractivity contribution in [2.24, 2.45) is 5.92 Å². The fraction of sp³-hybridized carbons (Fsp3) is 0.556. The predicted octanol–water partition coefficient (Wildman–Crippen LogP) is 4.63. The Balaban J connectivity index is 1.35. The number of hydrogen-bond donors (Lipinski definition) is 1. The molecule has 4 aliphatic rings. The number of fused-ring (bicyclic) bond motifs is 3. The molecule has 1 aromatic heterocycles. The zero-order valence-electron chi connectivity index (χ0n) is 19.9. The number of amides is 1. The lowest BCUT2D eigenvalue weighted by molar-refractivity contribution is -0.124. The number of aromatic nitrogens is 1. The molecule has 2 aliphatic carbocycles. The molecular weight excluding hydrogens is 428 g/mol. The van der Waals surface area contributed by atoms with E-state index in [1.165, 1.54) is 18.5 Å². The maximum absolute atomic E-state index is 13.9. The summed E-state index contributed by atoms with van der Waals surface area (Å²) < 4.78 is 11.6. The number of rotatable bonds is 3. The molecule has 3 heterocycles. The van der Waals surface area contributed by atoms with Gasteiger partial charge in [0.05, 0.1) is 42.8 Å². The molecule has 1 N–H and O–H groups in total. The third kappa shape index (κ3) is 3.95. The lowest BCUT2D eigenvalue weighted by Crippen LogP contribution is -2.48. The highest BCUT2D eigenvalue weighted by atomic mass is 16.5. The molecule has 2 unspecified atom stereocenters. The van der Waals surface area contributed by atoms with Crippen molar-refractivity contribution < 1.29 is 14.3 Å². The van der Waals surface area contributed by atoms with Gasteiger partial charge in [-0.25, -0.2) is 4.98 Å². The van der Waals surface area contributed by atoms with Gasteiger partial charge in [-0.1, -0.05) is 6.07 Å². The van der Waals surface area contributed by atoms with Gasteiger partial charge in [-0.15, -0.1) is 0 Å². The zero-order chi connectivity index (χ0) is 23.1. The fourth-order valence-electron chi connectivity index (χ4n) is 6.30. The fourth-order valence-corrected chi connectivity index (χ4v) is 6.30. The molecule has 1 amide bonds. The molecular formula is C27H34N4O3. The maximum atomic E-state index is 13.9. The van der Waals surface area contributed by atoms with Gasteiger partial charge in [-0.3, -0.25) is 4.79 Å². The number of anilines is 4. The Kier molecular flexibility index (Phi) is 5.91. The van der Waals surface area contributed by atoms with Crippen LogP contribution < -0.4 is 15.1 Å². The van der Waals surface area contributed by atoms with E-state index in [0.717, 1.165) is 68.0 Å². The van der Waals surface area contributed by atoms with Gasteiger partial charge >= 0.3 is 0 Å². The standard InChI is InChI=1S/C27H34N4O3/c1-33-21-10-7-18(8-11-21)27(32)31-17-19-4-3-13-28-26(19)29-22-12-9-20(16-24(22)31)30-14-15-34-25-6-2-5-23(25)30/h3-4,9,12-13,16,18,21,23,25H,2,5-8,10-11,14-15,17H2,1H3,(H,28,29). The second kappa shape index (κ2) is 9.19. The number of hydrogen-bond acceptors (Lipinski definition) is 6. The Bertz CT molecular complexity index is 1050. The Morgan fingerprint density at radius 1 is 1.15 bits per heavy atom. The Hall–Kier alpha value is -2.64. The van der Waals surface area contributed by atoms with Gasteiger partial charge in [-0.2, -0.15) is 0 Å². The Morgan fingerprint density at radius 3 is 2.88 bits per heavy atom. The number of ether oxygens (including phenoxy) is 2. The van der Waals surface area contributed by atoms with Gasteiger partial charge in [0, 0.05) is 37.0 Å². The van der Waals surface area contributed by atoms with Crippen molar-refractivity contribution >= 4 is 28.8 Å². The first kappa shape index (κ1) is 21.9. The van der Waals surface area contributed by atoms with Crippen molar-refractivity contribution in [3.63, 3.8) is 0 Å². The average molecular weight is 463 g/mol. The SMILES string of the molecule is COC1CCC(C(=O)N2Cc3cccnc3Nc3ccc(N4CCOC5CCCC54)cc32)CC1. The van der Waals surface area contributed by atoms with Crippen LogP contribution in [0.15, 0.2) is 36.5 Å². The monoisotopic (exact) mass is 462 g/mol. The zero-order valence-corrected chi connectivity index (χ0v) is 19.9. The quantitative estimate of drug-likeness (QED) is 0.717. The molecule has 0 bridgehead atoms. The maximum Gasteiger partial charge on any atom is 0.230 e. The van der Waals surface area contributed by atoms with Crippen molar-refractivity contribution in [2.75, 3.05) is 35.4 Å². The van der Waals surface area contributed by atoms with E-state index in [1.54, 1.807) is 13.3 Å². The topological polar surface area (TPSA) is 66.9 Å². The van der Waals surface area contributed by atoms with E-state index in [-0.39, 0.29) is 17.9 Å². The number of morpholine rings is 1. The van der Waals surface area contributed by atoms with E-state index in [0.29, 0.717) is 18.7 Å². The highest BCUT2D eigenvalue weighted by Gasteiger charge is 2.37. The first-order chi connectivity index (χ1) is 16.7. The summed E-state index contributed by atoms with van der Waals surface area (Å²) in [6.45, 7) is 2.19. The van der Waals surface area contributed by atoms with Crippen molar-refractivity contribution in [3.8, 4) is 0 Å². The van der Waals surface area contributed by atoms with Crippen molar-refractivity contribution in [1.82, 2.24) is 4.98 Å². The molecule has 0 spiro atoms. The van der Waals surface area contributed by atoms with Gasteiger partial charge in [0.25, 0.3) is 0 Å². The van der Waals surface area contributed by atoms with Gasteiger partial charge in [0.15, 0.2) is 0 Å². The van der Waals surface area contributed by atoms with Crippen LogP contribution in [0.25, 0.3) is 0 Å². The molecule has 3 fully saturated rings. The number of methoxy groups -OCH3 is 1. The molecule has 2 saturated carbocycles. The summed E-state index contributed by atoms with van der Waals surface area (Å²) >= 11 is 0. The number of pyridine rings is 1. The Morgan fingerprint density at radius 2 is 2.03 bits per heavy atom. The van der Waals surface area contributed by atoms with Crippen LogP contribution in [0.5, 0.6) is 0 Å². The molecule has 2 aliphatic heterocycles. The third-order valence-electron chi connectivity index (χ3n) is 8.18. The summed E-state index contributed by atoms with van der Waals surface area (Å²) in [5.74, 6) is 1.08. The molecule has 0 radical (unpaired) electrons. The smallest absolute Gasteiger partial charge is 0.230 e. The minimum Gasteiger partial charge on any atom is -0.381 e. The number of benzene rings is 1. The van der Waals surface area contributed by atoms with Crippen LogP contribution >= 0.6 is 0 Å². The predicted molar refractivity (Wildman–Crippen MR) is 133 cm³/mol. The van der Waals surface area contributed by atoms with Crippen LogP contribution in [0.1, 0.15) is 50.5 Å². The molecule has 7 nitrogen and oxygen atoms in total. The number of carbonyl (C=O) groups is 1. The summed E-state index contributed by atoms with van der Waals surface area (Å²) in [4.78, 5) is 23.0. The highest BCUT2D eigenvalue weighted by Crippen LogP contribution is 2.41. The van der Waals surface area contributed by atoms with Crippen LogP contribution in [0, 0.1) is 5.92 Å². The normalized spacial score (nSPS) is 28.4. The molecule has 180 valence electrons. The van der Waals surface area contributed by atoms with Gasteiger partial charge in [0.2, 0.25) is 5.91 Å². The molecule has 1 aromatic carbocycles. The number of carbonyl (C=O) groups excluding carboxylic acids is 1. The largest absolute Gasteiger partial charge is 0.381 e. The first-order valence-corrected chi connectivity index (χ1v) is 12.8. The highest BCUT2D eigenvalue weighted by molar-refractivity contribution is 6.00. The van der Waals surface area contributed by atoms with Gasteiger partial charge in [-0.05, 0) is 69.2 Å². The minimum atomic E-state index is 0.0312. The summed E-state index contributed by atoms with van der Waals surface area (Å²) in [7, 11) is 1.77. The van der Waals surface area contributed by atoms with Crippen molar-refractivity contribution in [2.45, 2.75) is 69.7 Å². The summed E-state index contributed by atoms with van der Waals surface area (Å²) in [5, 5.41) is 3.52. The van der Waals surface area contributed by atoms with Crippen LogP contribution in [0.3, 0.4) is 0 Å². The molecule has 6 rings (SSSR count). The van der Waals surface area contributed by atoms with Crippen molar-refractivity contribution in [3.05, 3.63) is 42.1 Å².